The molecule has 18 heavy (non-hydrogen) atoms. The summed E-state index contributed by atoms with van der Waals surface area (Å²) in [5.41, 5.74) is 5.41. The van der Waals surface area contributed by atoms with Gasteiger partial charge in [-0.05, 0) is 24.1 Å². The van der Waals surface area contributed by atoms with Gasteiger partial charge in [-0.15, -0.1) is 0 Å². The van der Waals surface area contributed by atoms with Crippen LogP contribution in [-0.2, 0) is 5.67 Å². The van der Waals surface area contributed by atoms with Crippen LogP contribution in [0, 0.1) is 5.92 Å². The Morgan fingerprint density at radius 2 is 1.94 bits per heavy atom. The van der Waals surface area contributed by atoms with E-state index in [4.69, 9.17) is 5.73 Å². The number of hydrogen-bond acceptors (Lipinski definition) is 2. The van der Waals surface area contributed by atoms with Crippen LogP contribution in [0.4, 0.5) is 4.39 Å². The number of benzene rings is 1. The Kier molecular flexibility index (Phi) is 3.48. The van der Waals surface area contributed by atoms with Crippen LogP contribution in [0.25, 0.3) is 5.69 Å². The van der Waals surface area contributed by atoms with Crippen molar-refractivity contribution in [2.75, 3.05) is 6.54 Å². The maximum absolute atomic E-state index is 15.0. The normalized spacial score (nSPS) is 14.7. The van der Waals surface area contributed by atoms with Gasteiger partial charge in [-0.3, -0.25) is 0 Å². The first kappa shape index (κ1) is 12.8. The lowest BCUT2D eigenvalue weighted by Crippen LogP contribution is -2.37. The molecule has 0 bridgehead atoms. The van der Waals surface area contributed by atoms with Crippen molar-refractivity contribution in [3.8, 4) is 5.69 Å². The van der Waals surface area contributed by atoms with Gasteiger partial charge in [0.1, 0.15) is 0 Å². The second kappa shape index (κ2) is 4.90. The van der Waals surface area contributed by atoms with Crippen LogP contribution in [0.1, 0.15) is 19.5 Å². The standard InChI is InChI=1S/C14H18FN3/c1-11(2)14(15,10-16)13-8-9-17-18(13)12-6-4-3-5-7-12/h3-9,11H,10,16H2,1-2H3. The number of alkyl halides is 1. The smallest absolute Gasteiger partial charge is 0.167 e. The van der Waals surface area contributed by atoms with Crippen molar-refractivity contribution < 1.29 is 4.39 Å². The van der Waals surface area contributed by atoms with Gasteiger partial charge >= 0.3 is 0 Å². The Labute approximate surface area is 106 Å². The van der Waals surface area contributed by atoms with Crippen LogP contribution >= 0.6 is 0 Å². The number of para-hydroxylation sites is 1. The van der Waals surface area contributed by atoms with Gasteiger partial charge in [-0.1, -0.05) is 32.0 Å². The second-order valence-electron chi connectivity index (χ2n) is 4.69. The van der Waals surface area contributed by atoms with E-state index >= 15 is 0 Å². The molecule has 0 saturated carbocycles. The van der Waals surface area contributed by atoms with Crippen LogP contribution < -0.4 is 5.73 Å². The molecule has 1 unspecified atom stereocenters. The van der Waals surface area contributed by atoms with E-state index in [1.165, 1.54) is 0 Å². The number of rotatable bonds is 4. The molecule has 0 aliphatic carbocycles. The van der Waals surface area contributed by atoms with E-state index in [1.807, 2.05) is 44.2 Å². The maximum atomic E-state index is 15.0. The van der Waals surface area contributed by atoms with Crippen LogP contribution in [0.5, 0.6) is 0 Å². The van der Waals surface area contributed by atoms with E-state index in [2.05, 4.69) is 5.10 Å². The minimum Gasteiger partial charge on any atom is -0.327 e. The highest BCUT2D eigenvalue weighted by atomic mass is 19.1. The largest absolute Gasteiger partial charge is 0.327 e. The molecular weight excluding hydrogens is 229 g/mol. The molecule has 1 atom stereocenters. The zero-order valence-electron chi connectivity index (χ0n) is 10.7. The topological polar surface area (TPSA) is 43.8 Å². The first-order valence-electron chi connectivity index (χ1n) is 6.08. The van der Waals surface area contributed by atoms with Gasteiger partial charge in [0, 0.05) is 12.7 Å². The maximum Gasteiger partial charge on any atom is 0.167 e. The molecule has 0 saturated heterocycles. The summed E-state index contributed by atoms with van der Waals surface area (Å²) in [5.74, 6) is -0.207. The third-order valence-corrected chi connectivity index (χ3v) is 3.28. The van der Waals surface area contributed by atoms with Crippen molar-refractivity contribution in [2.24, 2.45) is 11.7 Å². The van der Waals surface area contributed by atoms with Gasteiger partial charge in [-0.2, -0.15) is 5.10 Å². The van der Waals surface area contributed by atoms with Crippen LogP contribution in [0.15, 0.2) is 42.6 Å². The lowest BCUT2D eigenvalue weighted by atomic mass is 9.89. The number of nitrogens with zero attached hydrogens (tertiary/aromatic N) is 2. The van der Waals surface area contributed by atoms with Crippen molar-refractivity contribution in [3.63, 3.8) is 0 Å². The summed E-state index contributed by atoms with van der Waals surface area (Å²) >= 11 is 0. The van der Waals surface area contributed by atoms with Gasteiger partial charge < -0.3 is 5.73 Å². The summed E-state index contributed by atoms with van der Waals surface area (Å²) in [5, 5.41) is 4.20. The average molecular weight is 247 g/mol. The lowest BCUT2D eigenvalue weighted by molar-refractivity contribution is 0.101. The zero-order chi connectivity index (χ0) is 13.2. The molecule has 0 fully saturated rings. The molecule has 4 heteroatoms. The molecule has 1 heterocycles. The number of hydrogen-bond donors (Lipinski definition) is 1. The first-order valence-corrected chi connectivity index (χ1v) is 6.08. The molecule has 1 aromatic carbocycles. The molecule has 0 radical (unpaired) electrons. The molecule has 1 aromatic heterocycles. The summed E-state index contributed by atoms with van der Waals surface area (Å²) in [6.07, 6.45) is 1.61. The average Bonchev–Trinajstić information content (AvgIpc) is 2.88. The molecule has 0 amide bonds. The predicted molar refractivity (Wildman–Crippen MR) is 70.2 cm³/mol. The Balaban J connectivity index is 2.52. The predicted octanol–water partition coefficient (Wildman–Crippen LogP) is 2.65. The fourth-order valence-corrected chi connectivity index (χ4v) is 2.03. The quantitative estimate of drug-likeness (QED) is 0.902. The molecular formula is C14H18FN3. The molecule has 3 nitrogen and oxygen atoms in total. The Morgan fingerprint density at radius 1 is 1.28 bits per heavy atom. The summed E-state index contributed by atoms with van der Waals surface area (Å²) in [6, 6.07) is 11.2. The summed E-state index contributed by atoms with van der Waals surface area (Å²) in [6.45, 7) is 3.60. The van der Waals surface area contributed by atoms with Crippen molar-refractivity contribution in [2.45, 2.75) is 19.5 Å². The van der Waals surface area contributed by atoms with Crippen molar-refractivity contribution in [3.05, 3.63) is 48.3 Å². The second-order valence-corrected chi connectivity index (χ2v) is 4.69. The minimum absolute atomic E-state index is 0.0524. The first-order chi connectivity index (χ1) is 8.59. The molecule has 2 aromatic rings. The summed E-state index contributed by atoms with van der Waals surface area (Å²) < 4.78 is 16.6. The van der Waals surface area contributed by atoms with Gasteiger partial charge in [0.05, 0.1) is 11.4 Å². The number of nitrogens with two attached hydrogens (primary N) is 1. The van der Waals surface area contributed by atoms with E-state index in [0.717, 1.165) is 5.69 Å². The summed E-state index contributed by atoms with van der Waals surface area (Å²) in [7, 11) is 0. The molecule has 0 aliphatic rings. The van der Waals surface area contributed by atoms with Crippen molar-refractivity contribution >= 4 is 0 Å². The van der Waals surface area contributed by atoms with Crippen LogP contribution in [0.2, 0.25) is 0 Å². The summed E-state index contributed by atoms with van der Waals surface area (Å²) in [4.78, 5) is 0. The zero-order valence-corrected chi connectivity index (χ0v) is 10.7. The Morgan fingerprint density at radius 3 is 2.50 bits per heavy atom. The van der Waals surface area contributed by atoms with Crippen molar-refractivity contribution in [1.82, 2.24) is 9.78 Å². The van der Waals surface area contributed by atoms with E-state index in [-0.39, 0.29) is 12.5 Å². The number of halogens is 1. The van der Waals surface area contributed by atoms with Gasteiger partial charge in [-0.25, -0.2) is 9.07 Å². The SMILES string of the molecule is CC(C)C(F)(CN)c1ccnn1-c1ccccc1. The van der Waals surface area contributed by atoms with Gasteiger partial charge in [0.25, 0.3) is 0 Å². The van der Waals surface area contributed by atoms with E-state index in [1.54, 1.807) is 16.9 Å². The Hall–Kier alpha value is -1.68. The van der Waals surface area contributed by atoms with Crippen molar-refractivity contribution in [1.29, 1.82) is 0 Å². The van der Waals surface area contributed by atoms with E-state index < -0.39 is 5.67 Å². The van der Waals surface area contributed by atoms with Gasteiger partial charge in [0.2, 0.25) is 0 Å². The highest BCUT2D eigenvalue weighted by Crippen LogP contribution is 2.33. The molecule has 2 N–H and O–H groups in total. The molecule has 0 spiro atoms. The van der Waals surface area contributed by atoms with Crippen LogP contribution in [0.3, 0.4) is 0 Å². The minimum atomic E-state index is -1.56. The van der Waals surface area contributed by atoms with Crippen LogP contribution in [-0.4, -0.2) is 16.3 Å². The highest BCUT2D eigenvalue weighted by Gasteiger charge is 2.37. The molecule has 0 aliphatic heterocycles. The fraction of sp³-hybridized carbons (Fsp3) is 0.357. The fourth-order valence-electron chi connectivity index (χ4n) is 2.03. The van der Waals surface area contributed by atoms with Gasteiger partial charge in [0.15, 0.2) is 5.67 Å². The highest BCUT2D eigenvalue weighted by molar-refractivity contribution is 5.34. The molecule has 2 rings (SSSR count). The monoisotopic (exact) mass is 247 g/mol. The van der Waals surface area contributed by atoms with E-state index in [9.17, 15) is 4.39 Å². The lowest BCUT2D eigenvalue weighted by Gasteiger charge is -2.28. The molecule has 96 valence electrons. The third kappa shape index (κ3) is 2.04. The Bertz CT molecular complexity index is 507. The van der Waals surface area contributed by atoms with E-state index in [0.29, 0.717) is 5.69 Å². The number of aromatic nitrogens is 2. The third-order valence-electron chi connectivity index (χ3n) is 3.28.